The third kappa shape index (κ3) is 1.12. The van der Waals surface area contributed by atoms with Gasteiger partial charge in [-0.25, -0.2) is 4.98 Å². The minimum Gasteiger partial charge on any atom is -0.345 e. The van der Waals surface area contributed by atoms with Gasteiger partial charge in [-0.15, -0.1) is 0 Å². The van der Waals surface area contributed by atoms with E-state index in [2.05, 4.69) is 32.6 Å². The first kappa shape index (κ1) is 7.72. The molecule has 0 aliphatic carbocycles. The van der Waals surface area contributed by atoms with Gasteiger partial charge in [0.1, 0.15) is 0 Å². The predicted octanol–water partition coefficient (Wildman–Crippen LogP) is 1.98. The Balaban J connectivity index is 2.88. The van der Waals surface area contributed by atoms with Crippen LogP contribution in [0.5, 0.6) is 0 Å². The molecule has 0 amide bonds. The van der Waals surface area contributed by atoms with E-state index < -0.39 is 0 Å². The number of aromatic nitrogens is 2. The summed E-state index contributed by atoms with van der Waals surface area (Å²) in [4.78, 5) is 17.6. The Labute approximate surface area is 82.3 Å². The number of rotatable bonds is 1. The monoisotopic (exact) mass is 272 g/mol. The van der Waals surface area contributed by atoms with Crippen molar-refractivity contribution in [3.8, 4) is 0 Å². The zero-order valence-electron chi connectivity index (χ0n) is 6.04. The van der Waals surface area contributed by atoms with Crippen LogP contribution in [-0.2, 0) is 0 Å². The first-order valence-corrected chi connectivity index (χ1v) is 4.47. The van der Waals surface area contributed by atoms with E-state index in [1.54, 1.807) is 6.33 Å². The maximum Gasteiger partial charge on any atom is 0.152 e. The van der Waals surface area contributed by atoms with Crippen LogP contribution in [0.3, 0.4) is 0 Å². The number of imidazole rings is 1. The topological polar surface area (TPSA) is 45.8 Å². The highest BCUT2D eigenvalue weighted by atomic mass is 127. The number of halogens is 1. The van der Waals surface area contributed by atoms with Gasteiger partial charge in [0.2, 0.25) is 0 Å². The number of aldehydes is 1. The van der Waals surface area contributed by atoms with E-state index in [9.17, 15) is 4.79 Å². The fourth-order valence-electron chi connectivity index (χ4n) is 1.13. The third-order valence-corrected chi connectivity index (χ3v) is 2.27. The molecule has 3 nitrogen and oxygen atoms in total. The Morgan fingerprint density at radius 3 is 3.08 bits per heavy atom. The minimum atomic E-state index is 0.637. The van der Waals surface area contributed by atoms with Crippen molar-refractivity contribution in [2.75, 3.05) is 0 Å². The first-order chi connectivity index (χ1) is 5.81. The molecule has 0 aliphatic heterocycles. The summed E-state index contributed by atoms with van der Waals surface area (Å²) in [7, 11) is 0. The van der Waals surface area contributed by atoms with E-state index in [4.69, 9.17) is 0 Å². The molecule has 0 unspecified atom stereocenters. The van der Waals surface area contributed by atoms with Crippen molar-refractivity contribution in [1.29, 1.82) is 0 Å². The first-order valence-electron chi connectivity index (χ1n) is 3.39. The number of fused-ring (bicyclic) bond motifs is 1. The number of carbonyl (C=O) groups excluding carboxylic acids is 1. The van der Waals surface area contributed by atoms with Crippen molar-refractivity contribution in [2.45, 2.75) is 0 Å². The van der Waals surface area contributed by atoms with Crippen LogP contribution in [0.4, 0.5) is 0 Å². The summed E-state index contributed by atoms with van der Waals surface area (Å²) in [5.41, 5.74) is 2.28. The molecule has 4 heteroatoms. The minimum absolute atomic E-state index is 0.637. The Hall–Kier alpha value is -0.910. The molecule has 1 heterocycles. The maximum absolute atomic E-state index is 10.6. The number of nitrogens with one attached hydrogen (secondary N) is 1. The molecule has 0 saturated heterocycles. The number of hydrogen-bond donors (Lipinski definition) is 1. The quantitative estimate of drug-likeness (QED) is 0.637. The van der Waals surface area contributed by atoms with Gasteiger partial charge >= 0.3 is 0 Å². The highest BCUT2D eigenvalue weighted by molar-refractivity contribution is 14.1. The standard InChI is InChI=1S/C8H5IN2O/c9-6-1-5(3-12)8-7(2-6)10-4-11-8/h1-4H,(H,10,11). The summed E-state index contributed by atoms with van der Waals surface area (Å²) in [6.45, 7) is 0. The molecule has 0 fully saturated rings. The molecule has 0 saturated carbocycles. The molecule has 2 rings (SSSR count). The zero-order chi connectivity index (χ0) is 8.55. The molecule has 0 bridgehead atoms. The number of hydrogen-bond acceptors (Lipinski definition) is 2. The van der Waals surface area contributed by atoms with Gasteiger partial charge in [-0.1, -0.05) is 0 Å². The summed E-state index contributed by atoms with van der Waals surface area (Å²) in [6.07, 6.45) is 2.42. The Morgan fingerprint density at radius 2 is 2.33 bits per heavy atom. The zero-order valence-corrected chi connectivity index (χ0v) is 8.20. The molecule has 12 heavy (non-hydrogen) atoms. The molecule has 0 aliphatic rings. The number of H-pyrrole nitrogens is 1. The summed E-state index contributed by atoms with van der Waals surface area (Å²) in [6, 6.07) is 3.77. The van der Waals surface area contributed by atoms with Gasteiger partial charge in [0.05, 0.1) is 17.4 Å². The second-order valence-electron chi connectivity index (χ2n) is 2.41. The van der Waals surface area contributed by atoms with Crippen molar-refractivity contribution in [3.05, 3.63) is 27.6 Å². The summed E-state index contributed by atoms with van der Waals surface area (Å²) < 4.78 is 1.03. The van der Waals surface area contributed by atoms with E-state index in [-0.39, 0.29) is 0 Å². The van der Waals surface area contributed by atoms with Crippen LogP contribution in [0.2, 0.25) is 0 Å². The van der Waals surface area contributed by atoms with Crippen LogP contribution in [0.15, 0.2) is 18.5 Å². The molecule has 2 aromatic rings. The Bertz CT molecular complexity index is 436. The van der Waals surface area contributed by atoms with E-state index in [0.717, 1.165) is 20.9 Å². The summed E-state index contributed by atoms with van der Waals surface area (Å²) in [5, 5.41) is 0. The smallest absolute Gasteiger partial charge is 0.152 e. The van der Waals surface area contributed by atoms with Crippen LogP contribution >= 0.6 is 22.6 Å². The normalized spacial score (nSPS) is 10.4. The van der Waals surface area contributed by atoms with Crippen molar-refractivity contribution < 1.29 is 4.79 Å². The molecule has 1 aromatic heterocycles. The van der Waals surface area contributed by atoms with Gasteiger partial charge < -0.3 is 4.98 Å². The van der Waals surface area contributed by atoms with Crippen molar-refractivity contribution in [3.63, 3.8) is 0 Å². The van der Waals surface area contributed by atoms with E-state index in [0.29, 0.717) is 5.56 Å². The Morgan fingerprint density at radius 1 is 1.50 bits per heavy atom. The van der Waals surface area contributed by atoms with Gasteiger partial charge in [0.15, 0.2) is 6.29 Å². The van der Waals surface area contributed by atoms with Gasteiger partial charge in [-0.3, -0.25) is 4.79 Å². The predicted molar refractivity (Wildman–Crippen MR) is 54.2 cm³/mol. The van der Waals surface area contributed by atoms with E-state index in [1.165, 1.54) is 0 Å². The fraction of sp³-hybridized carbons (Fsp3) is 0. The number of carbonyl (C=O) groups is 1. The third-order valence-electron chi connectivity index (χ3n) is 1.64. The van der Waals surface area contributed by atoms with Gasteiger partial charge in [0, 0.05) is 9.13 Å². The van der Waals surface area contributed by atoms with Crippen LogP contribution in [0, 0.1) is 3.57 Å². The van der Waals surface area contributed by atoms with Crippen LogP contribution in [0.1, 0.15) is 10.4 Å². The second kappa shape index (κ2) is 2.85. The van der Waals surface area contributed by atoms with Gasteiger partial charge in [0.25, 0.3) is 0 Å². The highest BCUT2D eigenvalue weighted by Gasteiger charge is 2.03. The molecule has 1 N–H and O–H groups in total. The van der Waals surface area contributed by atoms with E-state index in [1.807, 2.05) is 12.1 Å². The highest BCUT2D eigenvalue weighted by Crippen LogP contribution is 2.17. The van der Waals surface area contributed by atoms with Crippen LogP contribution in [-0.4, -0.2) is 16.3 Å². The molecular weight excluding hydrogens is 267 g/mol. The fourth-order valence-corrected chi connectivity index (χ4v) is 1.78. The van der Waals surface area contributed by atoms with Gasteiger partial charge in [-0.2, -0.15) is 0 Å². The molecule has 60 valence electrons. The lowest BCUT2D eigenvalue weighted by Gasteiger charge is -1.94. The lowest BCUT2D eigenvalue weighted by molar-refractivity contribution is 0.112. The molecule has 0 radical (unpaired) electrons. The SMILES string of the molecule is O=Cc1cc(I)cc2[nH]cnc12. The van der Waals surface area contributed by atoms with Crippen molar-refractivity contribution >= 4 is 39.9 Å². The molecule has 0 spiro atoms. The number of aromatic amines is 1. The summed E-state index contributed by atoms with van der Waals surface area (Å²) in [5.74, 6) is 0. The lowest BCUT2D eigenvalue weighted by Crippen LogP contribution is -1.84. The lowest BCUT2D eigenvalue weighted by atomic mass is 10.2. The van der Waals surface area contributed by atoms with Crippen LogP contribution < -0.4 is 0 Å². The van der Waals surface area contributed by atoms with Gasteiger partial charge in [-0.05, 0) is 34.7 Å². The van der Waals surface area contributed by atoms with Crippen molar-refractivity contribution in [2.24, 2.45) is 0 Å². The Kier molecular flexibility index (Phi) is 1.84. The van der Waals surface area contributed by atoms with Crippen molar-refractivity contribution in [1.82, 2.24) is 9.97 Å². The number of nitrogens with zero attached hydrogens (tertiary/aromatic N) is 1. The van der Waals surface area contributed by atoms with Crippen LogP contribution in [0.25, 0.3) is 11.0 Å². The molecule has 1 aromatic carbocycles. The second-order valence-corrected chi connectivity index (χ2v) is 3.66. The maximum atomic E-state index is 10.6. The molecular formula is C8H5IN2O. The average Bonchev–Trinajstić information content (AvgIpc) is 2.50. The average molecular weight is 272 g/mol. The largest absolute Gasteiger partial charge is 0.345 e. The number of benzene rings is 1. The van der Waals surface area contributed by atoms with E-state index >= 15 is 0 Å². The molecule has 0 atom stereocenters. The summed E-state index contributed by atoms with van der Waals surface area (Å²) >= 11 is 2.17.